The van der Waals surface area contributed by atoms with E-state index in [0.29, 0.717) is 6.54 Å². The normalized spacial score (nSPS) is 20.9. The number of hydrogen-bond donors (Lipinski definition) is 0. The second-order valence-electron chi connectivity index (χ2n) is 10.3. The first-order valence-corrected chi connectivity index (χ1v) is 16.5. The van der Waals surface area contributed by atoms with Gasteiger partial charge in [0.1, 0.15) is 11.0 Å². The summed E-state index contributed by atoms with van der Waals surface area (Å²) in [6.07, 6.45) is 7.14. The van der Waals surface area contributed by atoms with Crippen molar-refractivity contribution in [2.75, 3.05) is 13.4 Å². The van der Waals surface area contributed by atoms with Crippen LogP contribution in [0.1, 0.15) is 48.6 Å². The van der Waals surface area contributed by atoms with Gasteiger partial charge in [-0.05, 0) is 75.3 Å². The molecule has 200 valence electrons. The third kappa shape index (κ3) is 5.63. The second-order valence-corrected chi connectivity index (χ2v) is 14.4. The van der Waals surface area contributed by atoms with Crippen molar-refractivity contribution >= 4 is 44.7 Å². The van der Waals surface area contributed by atoms with E-state index in [9.17, 15) is 9.00 Å². The molecule has 1 amide bonds. The minimum absolute atomic E-state index is 0.100. The summed E-state index contributed by atoms with van der Waals surface area (Å²) in [7, 11) is -0.597. The van der Waals surface area contributed by atoms with E-state index in [0.717, 1.165) is 63.5 Å². The molecule has 4 nitrogen and oxygen atoms in total. The summed E-state index contributed by atoms with van der Waals surface area (Å²) >= 11 is 8.47. The van der Waals surface area contributed by atoms with Gasteiger partial charge in [-0.25, -0.2) is 0 Å². The fourth-order valence-corrected chi connectivity index (χ4v) is 7.99. The number of ether oxygens (including phenoxy) is 1. The highest BCUT2D eigenvalue weighted by Gasteiger charge is 2.41. The molecular formula is C31H34ClNO3S2. The summed E-state index contributed by atoms with van der Waals surface area (Å²) in [5, 5.41) is -0.687. The van der Waals surface area contributed by atoms with Crippen LogP contribution in [0.15, 0.2) is 76.5 Å². The van der Waals surface area contributed by atoms with Gasteiger partial charge in [0.05, 0.1) is 12.5 Å². The van der Waals surface area contributed by atoms with Crippen molar-refractivity contribution in [3.8, 4) is 16.9 Å². The molecule has 0 spiro atoms. The molecule has 3 aromatic carbocycles. The summed E-state index contributed by atoms with van der Waals surface area (Å²) in [4.78, 5) is 18.1. The second kappa shape index (κ2) is 11.4. The van der Waals surface area contributed by atoms with E-state index < -0.39 is 9.52 Å². The standard InChI is InChI=1S/C31H34ClNO3S2/c1-36-27-18-15-22(21-13-16-25(17-14-21)38(2,3)35)19-23(27)20-33(24-9-5-4-6-10-24)31(34)30-29(32)26-11-7-8-12-28(26)37-30/h7-8,11-19,24,29-30H,2,4-6,9-10,20H2,1,3H3. The molecule has 3 atom stereocenters. The van der Waals surface area contributed by atoms with Gasteiger partial charge in [0.15, 0.2) is 0 Å². The zero-order chi connectivity index (χ0) is 26.9. The first kappa shape index (κ1) is 27.2. The Labute approximate surface area is 235 Å². The first-order valence-electron chi connectivity index (χ1n) is 13.1. The molecule has 1 fully saturated rings. The van der Waals surface area contributed by atoms with Gasteiger partial charge in [0, 0.05) is 34.2 Å². The van der Waals surface area contributed by atoms with Crippen LogP contribution in [0, 0.1) is 0 Å². The summed E-state index contributed by atoms with van der Waals surface area (Å²) in [6.45, 7) is 0.470. The maximum Gasteiger partial charge on any atom is 0.238 e. The number of rotatable bonds is 7. The van der Waals surface area contributed by atoms with Crippen LogP contribution in [0.25, 0.3) is 11.1 Å². The number of thioether (sulfide) groups is 1. The van der Waals surface area contributed by atoms with Crippen LogP contribution in [-0.4, -0.2) is 45.5 Å². The number of carbonyl (C=O) groups is 1. The molecule has 38 heavy (non-hydrogen) atoms. The highest BCUT2D eigenvalue weighted by molar-refractivity contribution is 8.01. The lowest BCUT2D eigenvalue weighted by molar-refractivity contribution is -0.134. The minimum Gasteiger partial charge on any atom is -0.496 e. The van der Waals surface area contributed by atoms with E-state index in [1.807, 2.05) is 54.6 Å². The smallest absolute Gasteiger partial charge is 0.238 e. The molecule has 0 bridgehead atoms. The lowest BCUT2D eigenvalue weighted by Crippen LogP contribution is -2.45. The number of fused-ring (bicyclic) bond motifs is 1. The highest BCUT2D eigenvalue weighted by atomic mass is 35.5. The molecule has 7 heteroatoms. The summed E-state index contributed by atoms with van der Waals surface area (Å²) in [6, 6.07) is 22.1. The molecule has 5 rings (SSSR count). The third-order valence-corrected chi connectivity index (χ3v) is 10.8. The van der Waals surface area contributed by atoms with Crippen LogP contribution in [0.2, 0.25) is 0 Å². The lowest BCUT2D eigenvalue weighted by Gasteiger charge is -2.36. The Kier molecular flexibility index (Phi) is 8.13. The van der Waals surface area contributed by atoms with Crippen molar-refractivity contribution < 1.29 is 13.7 Å². The average molecular weight is 568 g/mol. The largest absolute Gasteiger partial charge is 0.496 e. The van der Waals surface area contributed by atoms with Gasteiger partial charge in [0.25, 0.3) is 0 Å². The Morgan fingerprint density at radius 1 is 1.05 bits per heavy atom. The molecule has 3 unspecified atom stereocenters. The maximum atomic E-state index is 14.2. The fourth-order valence-electron chi connectivity index (χ4n) is 5.49. The number of nitrogens with zero attached hydrogens (tertiary/aromatic N) is 1. The van der Waals surface area contributed by atoms with Gasteiger partial charge in [-0.1, -0.05) is 55.7 Å². The SMILES string of the molecule is C=S(C)(=O)c1ccc(-c2ccc(OC)c(CN(C(=O)C3Sc4ccccc4C3Cl)C3CCCCC3)c2)cc1. The van der Waals surface area contributed by atoms with E-state index in [2.05, 4.69) is 22.9 Å². The predicted octanol–water partition coefficient (Wildman–Crippen LogP) is 7.18. The van der Waals surface area contributed by atoms with E-state index in [-0.39, 0.29) is 22.6 Å². The summed E-state index contributed by atoms with van der Waals surface area (Å²) in [5.41, 5.74) is 4.05. The average Bonchev–Trinajstić information content (AvgIpc) is 3.27. The minimum atomic E-state index is -2.27. The lowest BCUT2D eigenvalue weighted by atomic mass is 9.93. The van der Waals surface area contributed by atoms with Crippen molar-refractivity contribution in [2.45, 2.75) is 65.1 Å². The van der Waals surface area contributed by atoms with Crippen molar-refractivity contribution in [1.29, 1.82) is 0 Å². The van der Waals surface area contributed by atoms with Gasteiger partial charge in [0.2, 0.25) is 5.91 Å². The Balaban J connectivity index is 1.46. The van der Waals surface area contributed by atoms with Crippen molar-refractivity contribution in [1.82, 2.24) is 4.90 Å². The molecule has 1 aliphatic heterocycles. The number of benzene rings is 3. The van der Waals surface area contributed by atoms with Gasteiger partial charge < -0.3 is 9.64 Å². The van der Waals surface area contributed by atoms with Crippen LogP contribution in [0.4, 0.5) is 0 Å². The fraction of sp³-hybridized carbons (Fsp3) is 0.355. The molecule has 3 aromatic rings. The summed E-state index contributed by atoms with van der Waals surface area (Å²) in [5.74, 6) is 4.65. The molecule has 2 aliphatic rings. The third-order valence-electron chi connectivity index (χ3n) is 7.59. The van der Waals surface area contributed by atoms with Crippen molar-refractivity contribution in [3.63, 3.8) is 0 Å². The van der Waals surface area contributed by atoms with Crippen LogP contribution in [0.5, 0.6) is 5.75 Å². The highest BCUT2D eigenvalue weighted by Crippen LogP contribution is 2.48. The molecule has 1 aliphatic carbocycles. The molecule has 1 heterocycles. The number of amides is 1. The van der Waals surface area contributed by atoms with Gasteiger partial charge in [-0.15, -0.1) is 23.4 Å². The van der Waals surface area contributed by atoms with E-state index >= 15 is 0 Å². The Hall–Kier alpha value is -2.41. The van der Waals surface area contributed by atoms with Crippen molar-refractivity contribution in [3.05, 3.63) is 77.9 Å². The Morgan fingerprint density at radius 3 is 2.39 bits per heavy atom. The quantitative estimate of drug-likeness (QED) is 0.224. The van der Waals surface area contributed by atoms with Crippen molar-refractivity contribution in [2.24, 2.45) is 0 Å². The molecule has 0 radical (unpaired) electrons. The number of methoxy groups -OCH3 is 1. The van der Waals surface area contributed by atoms with Crippen LogP contribution >= 0.6 is 23.4 Å². The Morgan fingerprint density at radius 2 is 1.74 bits per heavy atom. The first-order chi connectivity index (χ1) is 18.3. The monoisotopic (exact) mass is 567 g/mol. The number of alkyl halides is 1. The summed E-state index contributed by atoms with van der Waals surface area (Å²) < 4.78 is 18.1. The maximum absolute atomic E-state index is 14.2. The number of hydrogen-bond acceptors (Lipinski definition) is 4. The van der Waals surface area contributed by atoms with Crippen LogP contribution in [-0.2, 0) is 20.9 Å². The zero-order valence-electron chi connectivity index (χ0n) is 21.9. The topological polar surface area (TPSA) is 46.6 Å². The van der Waals surface area contributed by atoms with Gasteiger partial charge in [-0.3, -0.25) is 9.00 Å². The predicted molar refractivity (Wildman–Crippen MR) is 160 cm³/mol. The van der Waals surface area contributed by atoms with Gasteiger partial charge in [-0.2, -0.15) is 0 Å². The van der Waals surface area contributed by atoms with Crippen LogP contribution in [0.3, 0.4) is 0 Å². The molecule has 0 N–H and O–H groups in total. The molecule has 0 aromatic heterocycles. The number of halogens is 1. The zero-order valence-corrected chi connectivity index (χ0v) is 24.3. The van der Waals surface area contributed by atoms with E-state index in [4.69, 9.17) is 16.3 Å². The van der Waals surface area contributed by atoms with Gasteiger partial charge >= 0.3 is 0 Å². The molecule has 1 saturated carbocycles. The molecular weight excluding hydrogens is 534 g/mol. The Bertz CT molecular complexity index is 1420. The number of carbonyl (C=O) groups excluding carboxylic acids is 1. The molecule has 0 saturated heterocycles. The van der Waals surface area contributed by atoms with Crippen LogP contribution < -0.4 is 4.74 Å². The van der Waals surface area contributed by atoms with E-state index in [1.54, 1.807) is 25.1 Å². The van der Waals surface area contributed by atoms with E-state index in [1.165, 1.54) is 6.42 Å².